The van der Waals surface area contributed by atoms with Gasteiger partial charge in [-0.15, -0.1) is 0 Å². The van der Waals surface area contributed by atoms with Crippen LogP contribution in [0.5, 0.6) is 0 Å². The van der Waals surface area contributed by atoms with Crippen LogP contribution in [-0.4, -0.2) is 21.3 Å². The molecule has 0 spiro atoms. The van der Waals surface area contributed by atoms with Crippen LogP contribution in [0.3, 0.4) is 0 Å². The standard InChI is InChI=1S/C10H15ClN2O/c1-7-3-2-4-8-10(11)12-9(5-6-14)13(7)8/h7,14H,2-6H2,1H3. The van der Waals surface area contributed by atoms with E-state index >= 15 is 0 Å². The third-order valence-corrected chi connectivity index (χ3v) is 3.15. The summed E-state index contributed by atoms with van der Waals surface area (Å²) < 4.78 is 2.20. The zero-order chi connectivity index (χ0) is 10.1. The maximum atomic E-state index is 8.92. The van der Waals surface area contributed by atoms with Gasteiger partial charge in [-0.25, -0.2) is 4.98 Å². The third kappa shape index (κ3) is 1.55. The number of aromatic nitrogens is 2. The Balaban J connectivity index is 2.42. The Morgan fingerprint density at radius 2 is 2.43 bits per heavy atom. The van der Waals surface area contributed by atoms with Crippen LogP contribution in [0, 0.1) is 0 Å². The zero-order valence-corrected chi connectivity index (χ0v) is 9.09. The minimum atomic E-state index is 0.138. The summed E-state index contributed by atoms with van der Waals surface area (Å²) in [5, 5.41) is 9.55. The molecule has 0 bridgehead atoms. The van der Waals surface area contributed by atoms with E-state index in [0.717, 1.165) is 17.9 Å². The topological polar surface area (TPSA) is 38.1 Å². The molecule has 78 valence electrons. The number of hydrogen-bond donors (Lipinski definition) is 1. The highest BCUT2D eigenvalue weighted by atomic mass is 35.5. The summed E-state index contributed by atoms with van der Waals surface area (Å²) in [5.74, 6) is 0.930. The molecule has 14 heavy (non-hydrogen) atoms. The SMILES string of the molecule is CC1CCCc2c(Cl)nc(CCO)n21. The van der Waals surface area contributed by atoms with E-state index in [4.69, 9.17) is 16.7 Å². The predicted octanol–water partition coefficient (Wildman–Crippen LogP) is 1.97. The molecule has 0 radical (unpaired) electrons. The lowest BCUT2D eigenvalue weighted by molar-refractivity contribution is 0.291. The molecule has 4 heteroatoms. The summed E-state index contributed by atoms with van der Waals surface area (Å²) >= 11 is 6.05. The number of fused-ring (bicyclic) bond motifs is 1. The van der Waals surface area contributed by atoms with E-state index in [1.165, 1.54) is 12.8 Å². The highest BCUT2D eigenvalue weighted by Crippen LogP contribution is 2.30. The van der Waals surface area contributed by atoms with Crippen molar-refractivity contribution in [2.75, 3.05) is 6.61 Å². The first kappa shape index (κ1) is 9.99. The first-order chi connectivity index (χ1) is 6.74. The molecule has 1 aliphatic rings. The average molecular weight is 215 g/mol. The van der Waals surface area contributed by atoms with Gasteiger partial charge in [0.25, 0.3) is 0 Å². The molecule has 1 aromatic heterocycles. The van der Waals surface area contributed by atoms with Gasteiger partial charge in [-0.3, -0.25) is 0 Å². The Bertz CT molecular complexity index is 335. The molecule has 1 unspecified atom stereocenters. The fourth-order valence-corrected chi connectivity index (χ4v) is 2.48. The van der Waals surface area contributed by atoms with Gasteiger partial charge >= 0.3 is 0 Å². The summed E-state index contributed by atoms with van der Waals surface area (Å²) in [6.07, 6.45) is 3.98. The van der Waals surface area contributed by atoms with Gasteiger partial charge in [-0.1, -0.05) is 11.6 Å². The molecule has 1 aliphatic heterocycles. The highest BCUT2D eigenvalue weighted by Gasteiger charge is 2.22. The van der Waals surface area contributed by atoms with Gasteiger partial charge in [-0.05, 0) is 26.2 Å². The molecule has 0 fully saturated rings. The quantitative estimate of drug-likeness (QED) is 0.818. The van der Waals surface area contributed by atoms with Crippen LogP contribution in [-0.2, 0) is 12.8 Å². The summed E-state index contributed by atoms with van der Waals surface area (Å²) in [6, 6.07) is 0.472. The van der Waals surface area contributed by atoms with Crippen LogP contribution in [0.25, 0.3) is 0 Å². The zero-order valence-electron chi connectivity index (χ0n) is 8.33. The van der Waals surface area contributed by atoms with E-state index < -0.39 is 0 Å². The normalized spacial score (nSPS) is 20.9. The summed E-state index contributed by atoms with van der Waals surface area (Å²) in [5.41, 5.74) is 1.15. The number of aliphatic hydroxyl groups is 1. The van der Waals surface area contributed by atoms with Crippen LogP contribution in [0.1, 0.15) is 37.3 Å². The van der Waals surface area contributed by atoms with Crippen molar-refractivity contribution in [1.82, 2.24) is 9.55 Å². The molecule has 1 N–H and O–H groups in total. The molecule has 1 aromatic rings. The fraction of sp³-hybridized carbons (Fsp3) is 0.700. The van der Waals surface area contributed by atoms with Crippen molar-refractivity contribution in [3.05, 3.63) is 16.7 Å². The number of nitrogens with zero attached hydrogens (tertiary/aromatic N) is 2. The second-order valence-corrected chi connectivity index (χ2v) is 4.21. The van der Waals surface area contributed by atoms with Crippen molar-refractivity contribution < 1.29 is 5.11 Å². The number of aliphatic hydroxyl groups excluding tert-OH is 1. The Kier molecular flexibility index (Phi) is 2.79. The number of hydrogen-bond acceptors (Lipinski definition) is 2. The summed E-state index contributed by atoms with van der Waals surface area (Å²) in [6.45, 7) is 2.32. The van der Waals surface area contributed by atoms with Gasteiger partial charge in [0.2, 0.25) is 0 Å². The van der Waals surface area contributed by atoms with Crippen LogP contribution in [0.4, 0.5) is 0 Å². The molecule has 0 saturated heterocycles. The second-order valence-electron chi connectivity index (χ2n) is 3.85. The lowest BCUT2D eigenvalue weighted by atomic mass is 10.0. The molecular formula is C10H15ClN2O. The summed E-state index contributed by atoms with van der Waals surface area (Å²) in [7, 11) is 0. The molecule has 2 heterocycles. The van der Waals surface area contributed by atoms with Gasteiger partial charge in [0.15, 0.2) is 5.15 Å². The van der Waals surface area contributed by atoms with Crippen molar-refractivity contribution in [2.45, 2.75) is 38.6 Å². The molecule has 0 aliphatic carbocycles. The largest absolute Gasteiger partial charge is 0.396 e. The van der Waals surface area contributed by atoms with E-state index in [1.807, 2.05) is 0 Å². The number of halogens is 1. The van der Waals surface area contributed by atoms with Gasteiger partial charge in [0, 0.05) is 12.5 Å². The van der Waals surface area contributed by atoms with Gasteiger partial charge < -0.3 is 9.67 Å². The molecule has 0 saturated carbocycles. The average Bonchev–Trinajstić information content (AvgIpc) is 2.46. The van der Waals surface area contributed by atoms with Crippen molar-refractivity contribution in [2.24, 2.45) is 0 Å². The molecule has 1 atom stereocenters. The van der Waals surface area contributed by atoms with Crippen molar-refractivity contribution >= 4 is 11.6 Å². The predicted molar refractivity (Wildman–Crippen MR) is 55.7 cm³/mol. The molecule has 2 rings (SSSR count). The smallest absolute Gasteiger partial charge is 0.150 e. The minimum Gasteiger partial charge on any atom is -0.396 e. The lowest BCUT2D eigenvalue weighted by Crippen LogP contribution is -2.17. The van der Waals surface area contributed by atoms with Crippen molar-refractivity contribution in [3.63, 3.8) is 0 Å². The van der Waals surface area contributed by atoms with Gasteiger partial charge in [0.05, 0.1) is 12.3 Å². The van der Waals surface area contributed by atoms with E-state index in [0.29, 0.717) is 17.6 Å². The summed E-state index contributed by atoms with van der Waals surface area (Å²) in [4.78, 5) is 4.30. The first-order valence-electron chi connectivity index (χ1n) is 5.10. The Morgan fingerprint density at radius 3 is 3.14 bits per heavy atom. The van der Waals surface area contributed by atoms with E-state index in [1.54, 1.807) is 0 Å². The number of imidazole rings is 1. The Hall–Kier alpha value is -0.540. The van der Waals surface area contributed by atoms with Gasteiger partial charge in [-0.2, -0.15) is 0 Å². The molecule has 0 amide bonds. The second kappa shape index (κ2) is 3.91. The maximum Gasteiger partial charge on any atom is 0.150 e. The van der Waals surface area contributed by atoms with Crippen LogP contribution < -0.4 is 0 Å². The maximum absolute atomic E-state index is 8.92. The minimum absolute atomic E-state index is 0.138. The molecule has 0 aromatic carbocycles. The van der Waals surface area contributed by atoms with E-state index in [9.17, 15) is 0 Å². The fourth-order valence-electron chi connectivity index (χ4n) is 2.20. The van der Waals surface area contributed by atoms with E-state index in [2.05, 4.69) is 16.5 Å². The monoisotopic (exact) mass is 214 g/mol. The van der Waals surface area contributed by atoms with Crippen LogP contribution >= 0.6 is 11.6 Å². The lowest BCUT2D eigenvalue weighted by Gasteiger charge is -2.23. The van der Waals surface area contributed by atoms with Crippen LogP contribution in [0.15, 0.2) is 0 Å². The van der Waals surface area contributed by atoms with Crippen molar-refractivity contribution in [1.29, 1.82) is 0 Å². The number of rotatable bonds is 2. The first-order valence-corrected chi connectivity index (χ1v) is 5.48. The highest BCUT2D eigenvalue weighted by molar-refractivity contribution is 6.30. The van der Waals surface area contributed by atoms with E-state index in [-0.39, 0.29) is 6.61 Å². The Morgan fingerprint density at radius 1 is 1.64 bits per heavy atom. The molecular weight excluding hydrogens is 200 g/mol. The van der Waals surface area contributed by atoms with Gasteiger partial charge in [0.1, 0.15) is 5.82 Å². The Labute approximate surface area is 88.7 Å². The van der Waals surface area contributed by atoms with Crippen LogP contribution in [0.2, 0.25) is 5.15 Å². The molecule has 3 nitrogen and oxygen atoms in total. The third-order valence-electron chi connectivity index (χ3n) is 2.85. The van der Waals surface area contributed by atoms with Crippen molar-refractivity contribution in [3.8, 4) is 0 Å².